The molecule has 1 aromatic carbocycles. The van der Waals surface area contributed by atoms with Crippen LogP contribution in [0, 0.1) is 0 Å². The lowest BCUT2D eigenvalue weighted by atomic mass is 10.1. The second-order valence-electron chi connectivity index (χ2n) is 6.73. The summed E-state index contributed by atoms with van der Waals surface area (Å²) in [6, 6.07) is 9.93. The van der Waals surface area contributed by atoms with Crippen molar-refractivity contribution < 1.29 is 9.53 Å². The largest absolute Gasteiger partial charge is 0.376 e. The predicted octanol–water partition coefficient (Wildman–Crippen LogP) is 1.73. The Balaban J connectivity index is 1.74. The number of aromatic nitrogens is 2. The third-order valence-corrected chi connectivity index (χ3v) is 4.64. The zero-order valence-corrected chi connectivity index (χ0v) is 15.1. The summed E-state index contributed by atoms with van der Waals surface area (Å²) in [5, 5.41) is 3.15. The van der Waals surface area contributed by atoms with Gasteiger partial charge in [-0.3, -0.25) is 9.69 Å². The summed E-state index contributed by atoms with van der Waals surface area (Å²) < 4.78 is 7.58. The molecule has 6 heteroatoms. The van der Waals surface area contributed by atoms with E-state index in [1.165, 1.54) is 0 Å². The standard InChI is InChI=1S/C19H26N4O2/c1-14-13-25-15(2)11-23(14)12-17(24)21-18(16-7-5-4-6-8-16)19-20-9-10-22(19)3/h4-10,14-15,18H,11-13H2,1-3H3,(H,21,24)/t14-,15-,18-/m1/s1. The first-order chi connectivity index (χ1) is 12.0. The fourth-order valence-electron chi connectivity index (χ4n) is 3.18. The molecule has 0 saturated carbocycles. The molecule has 0 spiro atoms. The molecule has 25 heavy (non-hydrogen) atoms. The molecule has 3 rings (SSSR count). The number of carbonyl (C=O) groups excluding carboxylic acids is 1. The highest BCUT2D eigenvalue weighted by molar-refractivity contribution is 5.79. The number of hydrogen-bond donors (Lipinski definition) is 1. The first kappa shape index (κ1) is 17.6. The third kappa shape index (κ3) is 4.27. The van der Waals surface area contributed by atoms with E-state index < -0.39 is 0 Å². The number of nitrogens with zero attached hydrogens (tertiary/aromatic N) is 3. The lowest BCUT2D eigenvalue weighted by Crippen LogP contribution is -2.51. The molecular formula is C19H26N4O2. The predicted molar refractivity (Wildman–Crippen MR) is 96.1 cm³/mol. The molecule has 1 fully saturated rings. The molecule has 2 heterocycles. The van der Waals surface area contributed by atoms with Crippen molar-refractivity contribution >= 4 is 5.91 Å². The number of morpholine rings is 1. The number of amides is 1. The highest BCUT2D eigenvalue weighted by atomic mass is 16.5. The number of benzene rings is 1. The normalized spacial score (nSPS) is 22.5. The van der Waals surface area contributed by atoms with Crippen LogP contribution in [0.3, 0.4) is 0 Å². The van der Waals surface area contributed by atoms with Gasteiger partial charge in [0, 0.05) is 32.0 Å². The van der Waals surface area contributed by atoms with Crippen molar-refractivity contribution in [1.29, 1.82) is 0 Å². The minimum atomic E-state index is -0.262. The van der Waals surface area contributed by atoms with E-state index in [-0.39, 0.29) is 24.1 Å². The van der Waals surface area contributed by atoms with Gasteiger partial charge in [0.2, 0.25) is 5.91 Å². The summed E-state index contributed by atoms with van der Waals surface area (Å²) in [6.45, 7) is 5.93. The second kappa shape index (κ2) is 7.80. The van der Waals surface area contributed by atoms with Crippen molar-refractivity contribution in [2.75, 3.05) is 19.7 Å². The summed E-state index contributed by atoms with van der Waals surface area (Å²) in [4.78, 5) is 19.3. The molecule has 1 saturated heterocycles. The summed E-state index contributed by atoms with van der Waals surface area (Å²) in [6.07, 6.45) is 3.80. The Hall–Kier alpha value is -2.18. The molecule has 0 aliphatic carbocycles. The van der Waals surface area contributed by atoms with E-state index in [0.717, 1.165) is 17.9 Å². The van der Waals surface area contributed by atoms with Gasteiger partial charge in [-0.05, 0) is 19.4 Å². The van der Waals surface area contributed by atoms with Crippen LogP contribution in [0.25, 0.3) is 0 Å². The van der Waals surface area contributed by atoms with Gasteiger partial charge in [-0.2, -0.15) is 0 Å². The molecule has 1 aromatic heterocycles. The number of aryl methyl sites for hydroxylation is 1. The van der Waals surface area contributed by atoms with E-state index in [9.17, 15) is 4.79 Å². The lowest BCUT2D eigenvalue weighted by Gasteiger charge is -2.36. The summed E-state index contributed by atoms with van der Waals surface area (Å²) >= 11 is 0. The van der Waals surface area contributed by atoms with Crippen LogP contribution in [-0.2, 0) is 16.6 Å². The van der Waals surface area contributed by atoms with Crippen molar-refractivity contribution in [2.24, 2.45) is 7.05 Å². The number of ether oxygens (including phenoxy) is 1. The van der Waals surface area contributed by atoms with Crippen molar-refractivity contribution in [1.82, 2.24) is 19.8 Å². The van der Waals surface area contributed by atoms with Gasteiger partial charge < -0.3 is 14.6 Å². The van der Waals surface area contributed by atoms with Gasteiger partial charge >= 0.3 is 0 Å². The maximum absolute atomic E-state index is 12.7. The van der Waals surface area contributed by atoms with Crippen LogP contribution in [0.4, 0.5) is 0 Å². The summed E-state index contributed by atoms with van der Waals surface area (Å²) in [5.74, 6) is 0.820. The van der Waals surface area contributed by atoms with E-state index in [1.54, 1.807) is 6.20 Å². The molecule has 0 radical (unpaired) electrons. The molecule has 3 atom stereocenters. The average Bonchev–Trinajstić information content (AvgIpc) is 3.02. The van der Waals surface area contributed by atoms with Crippen molar-refractivity contribution in [2.45, 2.75) is 32.0 Å². The van der Waals surface area contributed by atoms with E-state index in [4.69, 9.17) is 4.74 Å². The topological polar surface area (TPSA) is 59.4 Å². The maximum atomic E-state index is 12.7. The SMILES string of the molecule is C[C@@H]1CN(CC(=O)N[C@H](c2ccccc2)c2nccn2C)[C@H](C)CO1. The van der Waals surface area contributed by atoms with Crippen LogP contribution >= 0.6 is 0 Å². The zero-order chi connectivity index (χ0) is 17.8. The first-order valence-corrected chi connectivity index (χ1v) is 8.71. The lowest BCUT2D eigenvalue weighted by molar-refractivity contribution is -0.126. The van der Waals surface area contributed by atoms with Crippen LogP contribution in [-0.4, -0.2) is 52.2 Å². The highest BCUT2D eigenvalue weighted by Crippen LogP contribution is 2.20. The van der Waals surface area contributed by atoms with Crippen molar-refractivity contribution in [3.8, 4) is 0 Å². The average molecular weight is 342 g/mol. The van der Waals surface area contributed by atoms with Crippen LogP contribution < -0.4 is 5.32 Å². The fourth-order valence-corrected chi connectivity index (χ4v) is 3.18. The molecular weight excluding hydrogens is 316 g/mol. The van der Waals surface area contributed by atoms with Gasteiger partial charge in [-0.1, -0.05) is 30.3 Å². The van der Waals surface area contributed by atoms with Gasteiger partial charge in [0.15, 0.2) is 0 Å². The van der Waals surface area contributed by atoms with Crippen LogP contribution in [0.2, 0.25) is 0 Å². The Kier molecular flexibility index (Phi) is 5.50. The zero-order valence-electron chi connectivity index (χ0n) is 15.1. The molecule has 1 aliphatic heterocycles. The minimum Gasteiger partial charge on any atom is -0.376 e. The number of imidazole rings is 1. The molecule has 1 N–H and O–H groups in total. The van der Waals surface area contributed by atoms with E-state index >= 15 is 0 Å². The number of nitrogens with one attached hydrogen (secondary N) is 1. The summed E-state index contributed by atoms with van der Waals surface area (Å²) in [5.41, 5.74) is 1.02. The van der Waals surface area contributed by atoms with E-state index in [2.05, 4.69) is 22.1 Å². The Morgan fingerprint density at radius 1 is 1.36 bits per heavy atom. The molecule has 0 unspecified atom stereocenters. The van der Waals surface area contributed by atoms with Gasteiger partial charge in [-0.15, -0.1) is 0 Å². The highest BCUT2D eigenvalue weighted by Gasteiger charge is 2.27. The van der Waals surface area contributed by atoms with Crippen LogP contribution in [0.15, 0.2) is 42.7 Å². The van der Waals surface area contributed by atoms with Gasteiger partial charge in [0.05, 0.1) is 19.3 Å². The first-order valence-electron chi connectivity index (χ1n) is 8.71. The Morgan fingerprint density at radius 2 is 2.12 bits per heavy atom. The second-order valence-corrected chi connectivity index (χ2v) is 6.73. The molecule has 134 valence electrons. The molecule has 6 nitrogen and oxygen atoms in total. The smallest absolute Gasteiger partial charge is 0.235 e. The van der Waals surface area contributed by atoms with Gasteiger partial charge in [0.25, 0.3) is 0 Å². The van der Waals surface area contributed by atoms with Crippen molar-refractivity contribution in [3.05, 3.63) is 54.1 Å². The Bertz CT molecular complexity index is 700. The number of rotatable bonds is 5. The minimum absolute atomic E-state index is 0.00203. The van der Waals surface area contributed by atoms with Gasteiger partial charge in [-0.25, -0.2) is 4.98 Å². The number of carbonyl (C=O) groups is 1. The Morgan fingerprint density at radius 3 is 2.80 bits per heavy atom. The quantitative estimate of drug-likeness (QED) is 0.899. The van der Waals surface area contributed by atoms with Crippen LogP contribution in [0.1, 0.15) is 31.3 Å². The summed E-state index contributed by atoms with van der Waals surface area (Å²) in [7, 11) is 1.94. The fraction of sp³-hybridized carbons (Fsp3) is 0.474. The molecule has 0 bridgehead atoms. The third-order valence-electron chi connectivity index (χ3n) is 4.64. The number of hydrogen-bond acceptors (Lipinski definition) is 4. The molecule has 1 aliphatic rings. The Labute approximate surface area is 148 Å². The van der Waals surface area contributed by atoms with Crippen molar-refractivity contribution in [3.63, 3.8) is 0 Å². The molecule has 1 amide bonds. The molecule has 2 aromatic rings. The van der Waals surface area contributed by atoms with E-state index in [0.29, 0.717) is 13.2 Å². The van der Waals surface area contributed by atoms with E-state index in [1.807, 2.05) is 55.1 Å². The maximum Gasteiger partial charge on any atom is 0.235 e. The monoisotopic (exact) mass is 342 g/mol. The van der Waals surface area contributed by atoms with Crippen LogP contribution in [0.5, 0.6) is 0 Å². The van der Waals surface area contributed by atoms with Gasteiger partial charge in [0.1, 0.15) is 11.9 Å².